The molecular formula is C12H20N8O. The Hall–Kier alpha value is -2.42. The summed E-state index contributed by atoms with van der Waals surface area (Å²) < 4.78 is 7.23. The molecule has 0 aliphatic heterocycles. The van der Waals surface area contributed by atoms with Gasteiger partial charge in [-0.25, -0.2) is 5.84 Å². The number of ether oxygens (including phenoxy) is 1. The van der Waals surface area contributed by atoms with E-state index in [1.54, 1.807) is 4.68 Å². The number of aryl methyl sites for hydroxylation is 2. The smallest absolute Gasteiger partial charge is 0.323 e. The number of nitrogen functional groups attached to an aromatic ring is 1. The fraction of sp³-hybridized carbons (Fsp3) is 0.500. The van der Waals surface area contributed by atoms with Gasteiger partial charge in [-0.1, -0.05) is 0 Å². The maximum Gasteiger partial charge on any atom is 0.323 e. The Kier molecular flexibility index (Phi) is 4.53. The molecule has 0 spiro atoms. The van der Waals surface area contributed by atoms with Crippen LogP contribution in [-0.4, -0.2) is 30.8 Å². The summed E-state index contributed by atoms with van der Waals surface area (Å²) in [5, 5.41) is 7.39. The highest BCUT2D eigenvalue weighted by Crippen LogP contribution is 2.13. The van der Waals surface area contributed by atoms with Crippen LogP contribution in [0.3, 0.4) is 0 Å². The number of nitrogens with two attached hydrogens (primary N) is 1. The maximum atomic E-state index is 5.46. The van der Waals surface area contributed by atoms with Crippen molar-refractivity contribution in [2.45, 2.75) is 33.4 Å². The molecule has 21 heavy (non-hydrogen) atoms. The van der Waals surface area contributed by atoms with Crippen LogP contribution in [-0.2, 0) is 13.6 Å². The average Bonchev–Trinajstić information content (AvgIpc) is 2.73. The Balaban J connectivity index is 2.13. The number of hydrazine groups is 1. The molecule has 0 aliphatic carbocycles. The largest absolute Gasteiger partial charge is 0.461 e. The molecule has 0 bridgehead atoms. The topological polar surface area (TPSA) is 116 Å². The normalized spacial score (nSPS) is 10.8. The van der Waals surface area contributed by atoms with Crippen LogP contribution in [0.25, 0.3) is 0 Å². The third-order valence-corrected chi connectivity index (χ3v) is 2.64. The van der Waals surface area contributed by atoms with Crippen LogP contribution in [0.1, 0.15) is 25.1 Å². The standard InChI is InChI=1S/C12H20N8O/c1-7(2)21-12-16-10(15-11(17-12)18-13)14-5-9-6-20(4)19-8(9)3/h6-7H,5,13H2,1-4H3,(H2,14,15,16,17,18). The monoisotopic (exact) mass is 292 g/mol. The molecule has 0 fully saturated rings. The number of hydrogen-bond donors (Lipinski definition) is 3. The molecule has 4 N–H and O–H groups in total. The first-order chi connectivity index (χ1) is 9.97. The Labute approximate surface area is 122 Å². The molecular weight excluding hydrogens is 272 g/mol. The highest BCUT2D eigenvalue weighted by Gasteiger charge is 2.09. The Bertz CT molecular complexity index is 609. The van der Waals surface area contributed by atoms with Gasteiger partial charge in [-0.15, -0.1) is 0 Å². The van der Waals surface area contributed by atoms with E-state index in [-0.39, 0.29) is 18.1 Å². The second-order valence-electron chi connectivity index (χ2n) is 4.84. The first-order valence-electron chi connectivity index (χ1n) is 6.60. The van der Waals surface area contributed by atoms with Gasteiger partial charge in [0.25, 0.3) is 0 Å². The lowest BCUT2D eigenvalue weighted by atomic mass is 10.3. The lowest BCUT2D eigenvalue weighted by Crippen LogP contribution is -2.16. The van der Waals surface area contributed by atoms with Crippen LogP contribution in [0.2, 0.25) is 0 Å². The van der Waals surface area contributed by atoms with E-state index >= 15 is 0 Å². The summed E-state index contributed by atoms with van der Waals surface area (Å²) in [5.41, 5.74) is 4.41. The Morgan fingerprint density at radius 3 is 2.57 bits per heavy atom. The molecule has 0 radical (unpaired) electrons. The van der Waals surface area contributed by atoms with E-state index in [9.17, 15) is 0 Å². The van der Waals surface area contributed by atoms with Crippen LogP contribution < -0.4 is 21.3 Å². The number of hydrogen-bond acceptors (Lipinski definition) is 8. The Morgan fingerprint density at radius 2 is 2.00 bits per heavy atom. The van der Waals surface area contributed by atoms with Crippen LogP contribution >= 0.6 is 0 Å². The fourth-order valence-corrected chi connectivity index (χ4v) is 1.76. The highest BCUT2D eigenvalue weighted by molar-refractivity contribution is 5.36. The SMILES string of the molecule is Cc1nn(C)cc1CNc1nc(NN)nc(OC(C)C)n1. The van der Waals surface area contributed by atoms with E-state index in [2.05, 4.69) is 30.8 Å². The van der Waals surface area contributed by atoms with Crippen molar-refractivity contribution >= 4 is 11.9 Å². The molecule has 114 valence electrons. The van der Waals surface area contributed by atoms with Crippen molar-refractivity contribution in [3.63, 3.8) is 0 Å². The number of rotatable bonds is 6. The summed E-state index contributed by atoms with van der Waals surface area (Å²) in [4.78, 5) is 12.4. The summed E-state index contributed by atoms with van der Waals surface area (Å²) in [5.74, 6) is 5.98. The van der Waals surface area contributed by atoms with E-state index in [1.165, 1.54) is 0 Å². The summed E-state index contributed by atoms with van der Waals surface area (Å²) in [7, 11) is 1.88. The Morgan fingerprint density at radius 1 is 1.29 bits per heavy atom. The third kappa shape index (κ3) is 4.02. The molecule has 0 unspecified atom stereocenters. The van der Waals surface area contributed by atoms with Gasteiger partial charge in [0, 0.05) is 25.4 Å². The van der Waals surface area contributed by atoms with E-state index in [1.807, 2.05) is 34.0 Å². The van der Waals surface area contributed by atoms with Gasteiger partial charge >= 0.3 is 6.01 Å². The zero-order valence-electron chi connectivity index (χ0n) is 12.6. The quantitative estimate of drug-likeness (QED) is 0.523. The van der Waals surface area contributed by atoms with Crippen LogP contribution in [0.15, 0.2) is 6.20 Å². The molecule has 9 nitrogen and oxygen atoms in total. The van der Waals surface area contributed by atoms with Crippen molar-refractivity contribution in [2.75, 3.05) is 10.7 Å². The van der Waals surface area contributed by atoms with Gasteiger partial charge in [0.05, 0.1) is 11.8 Å². The van der Waals surface area contributed by atoms with E-state index in [0.29, 0.717) is 12.5 Å². The van der Waals surface area contributed by atoms with Gasteiger partial charge in [-0.3, -0.25) is 10.1 Å². The molecule has 0 aromatic carbocycles. The van der Waals surface area contributed by atoms with Gasteiger partial charge in [-0.2, -0.15) is 20.1 Å². The molecule has 0 saturated heterocycles. The third-order valence-electron chi connectivity index (χ3n) is 2.64. The molecule has 0 aliphatic rings. The minimum absolute atomic E-state index is 0.0357. The van der Waals surface area contributed by atoms with Crippen molar-refractivity contribution in [3.05, 3.63) is 17.5 Å². The van der Waals surface area contributed by atoms with Gasteiger partial charge in [0.2, 0.25) is 11.9 Å². The second kappa shape index (κ2) is 6.35. The number of aromatic nitrogens is 5. The molecule has 2 heterocycles. The highest BCUT2D eigenvalue weighted by atomic mass is 16.5. The van der Waals surface area contributed by atoms with Gasteiger partial charge in [-0.05, 0) is 20.8 Å². The van der Waals surface area contributed by atoms with Crippen molar-refractivity contribution in [1.82, 2.24) is 24.7 Å². The van der Waals surface area contributed by atoms with E-state index < -0.39 is 0 Å². The molecule has 0 amide bonds. The average molecular weight is 292 g/mol. The zero-order valence-corrected chi connectivity index (χ0v) is 12.6. The summed E-state index contributed by atoms with van der Waals surface area (Å²) >= 11 is 0. The van der Waals surface area contributed by atoms with Crippen molar-refractivity contribution < 1.29 is 4.74 Å². The first kappa shape index (κ1) is 15.0. The van der Waals surface area contributed by atoms with Crippen LogP contribution in [0.5, 0.6) is 6.01 Å². The lowest BCUT2D eigenvalue weighted by molar-refractivity contribution is 0.222. The number of nitrogens with one attached hydrogen (secondary N) is 2. The van der Waals surface area contributed by atoms with Crippen LogP contribution in [0.4, 0.5) is 11.9 Å². The minimum Gasteiger partial charge on any atom is -0.461 e. The molecule has 9 heteroatoms. The van der Waals surface area contributed by atoms with Gasteiger partial charge in [0.15, 0.2) is 0 Å². The predicted octanol–water partition coefficient (Wildman–Crippen LogP) is 0.598. The summed E-state index contributed by atoms with van der Waals surface area (Å²) in [6.07, 6.45) is 1.91. The maximum absolute atomic E-state index is 5.46. The van der Waals surface area contributed by atoms with Crippen LogP contribution in [0, 0.1) is 6.92 Å². The zero-order chi connectivity index (χ0) is 15.4. The van der Waals surface area contributed by atoms with Gasteiger partial charge < -0.3 is 10.1 Å². The minimum atomic E-state index is -0.0357. The van der Waals surface area contributed by atoms with Crippen molar-refractivity contribution in [1.29, 1.82) is 0 Å². The molecule has 2 rings (SSSR count). The predicted molar refractivity (Wildman–Crippen MR) is 78.7 cm³/mol. The van der Waals surface area contributed by atoms with E-state index in [4.69, 9.17) is 10.6 Å². The second-order valence-corrected chi connectivity index (χ2v) is 4.84. The summed E-state index contributed by atoms with van der Waals surface area (Å²) in [6.45, 7) is 6.29. The molecule has 0 saturated carbocycles. The molecule has 0 atom stereocenters. The fourth-order valence-electron chi connectivity index (χ4n) is 1.76. The molecule has 2 aromatic rings. The first-order valence-corrected chi connectivity index (χ1v) is 6.60. The van der Waals surface area contributed by atoms with E-state index in [0.717, 1.165) is 11.3 Å². The van der Waals surface area contributed by atoms with Crippen molar-refractivity contribution in [3.8, 4) is 6.01 Å². The number of anilines is 2. The molecule has 2 aromatic heterocycles. The lowest BCUT2D eigenvalue weighted by Gasteiger charge is -2.10. The van der Waals surface area contributed by atoms with Gasteiger partial charge in [0.1, 0.15) is 0 Å². The number of nitrogens with zero attached hydrogens (tertiary/aromatic N) is 5. The van der Waals surface area contributed by atoms with Crippen molar-refractivity contribution in [2.24, 2.45) is 12.9 Å². The summed E-state index contributed by atoms with van der Waals surface area (Å²) in [6, 6.07) is 0.221.